The quantitative estimate of drug-likeness (QED) is 0.722. The molecule has 20 heavy (non-hydrogen) atoms. The SMILES string of the molecule is COCCOCCOCc1c(CN)sc2ccccc12. The Morgan fingerprint density at radius 3 is 2.60 bits per heavy atom. The van der Waals surface area contributed by atoms with Crippen LogP contribution >= 0.6 is 11.3 Å². The first kappa shape index (κ1) is 15.4. The van der Waals surface area contributed by atoms with E-state index in [0.717, 1.165) is 0 Å². The zero-order chi connectivity index (χ0) is 14.2. The number of fused-ring (bicyclic) bond motifs is 1. The lowest BCUT2D eigenvalue weighted by molar-refractivity contribution is 0.0201. The summed E-state index contributed by atoms with van der Waals surface area (Å²) in [5.41, 5.74) is 7.03. The Morgan fingerprint density at radius 2 is 1.80 bits per heavy atom. The Morgan fingerprint density at radius 1 is 1.05 bits per heavy atom. The first-order chi connectivity index (χ1) is 9.86. The van der Waals surface area contributed by atoms with E-state index in [1.54, 1.807) is 18.4 Å². The van der Waals surface area contributed by atoms with Gasteiger partial charge < -0.3 is 19.9 Å². The number of thiophene rings is 1. The van der Waals surface area contributed by atoms with E-state index in [9.17, 15) is 0 Å². The van der Waals surface area contributed by atoms with Crippen molar-refractivity contribution in [2.75, 3.05) is 33.5 Å². The smallest absolute Gasteiger partial charge is 0.0735 e. The lowest BCUT2D eigenvalue weighted by Gasteiger charge is -2.06. The van der Waals surface area contributed by atoms with Gasteiger partial charge in [-0.2, -0.15) is 0 Å². The molecular weight excluding hydrogens is 274 g/mol. The normalized spacial score (nSPS) is 11.3. The van der Waals surface area contributed by atoms with Crippen LogP contribution in [0.3, 0.4) is 0 Å². The van der Waals surface area contributed by atoms with E-state index in [1.807, 2.05) is 12.1 Å². The third-order valence-corrected chi connectivity index (χ3v) is 4.25. The Balaban J connectivity index is 1.86. The average Bonchev–Trinajstić information content (AvgIpc) is 2.84. The Hall–Kier alpha value is -0.980. The molecule has 1 aromatic heterocycles. The Kier molecular flexibility index (Phi) is 6.42. The molecule has 1 heterocycles. The zero-order valence-corrected chi connectivity index (χ0v) is 12.6. The highest BCUT2D eigenvalue weighted by Gasteiger charge is 2.10. The van der Waals surface area contributed by atoms with Crippen LogP contribution in [0.1, 0.15) is 10.4 Å². The molecule has 0 saturated carbocycles. The van der Waals surface area contributed by atoms with Crippen molar-refractivity contribution >= 4 is 21.4 Å². The van der Waals surface area contributed by atoms with Gasteiger partial charge in [0.2, 0.25) is 0 Å². The molecule has 2 rings (SSSR count). The fourth-order valence-corrected chi connectivity index (χ4v) is 3.10. The molecule has 0 fully saturated rings. The topological polar surface area (TPSA) is 53.7 Å². The van der Waals surface area contributed by atoms with Gasteiger partial charge in [0.05, 0.1) is 33.0 Å². The van der Waals surface area contributed by atoms with Gasteiger partial charge in [-0.05, 0) is 11.5 Å². The third-order valence-electron chi connectivity index (χ3n) is 3.02. The number of nitrogens with two attached hydrogens (primary N) is 1. The largest absolute Gasteiger partial charge is 0.382 e. The summed E-state index contributed by atoms with van der Waals surface area (Å²) in [4.78, 5) is 1.20. The van der Waals surface area contributed by atoms with Crippen LogP contribution in [0.4, 0.5) is 0 Å². The van der Waals surface area contributed by atoms with Crippen molar-refractivity contribution in [2.45, 2.75) is 13.2 Å². The summed E-state index contributed by atoms with van der Waals surface area (Å²) in [5, 5.41) is 1.25. The van der Waals surface area contributed by atoms with E-state index in [1.165, 1.54) is 20.5 Å². The molecule has 0 bridgehead atoms. The Bertz CT molecular complexity index is 527. The number of hydrogen-bond donors (Lipinski definition) is 1. The average molecular weight is 295 g/mol. The van der Waals surface area contributed by atoms with E-state index in [0.29, 0.717) is 39.6 Å². The van der Waals surface area contributed by atoms with Crippen LogP contribution < -0.4 is 5.73 Å². The number of methoxy groups -OCH3 is 1. The summed E-state index contributed by atoms with van der Waals surface area (Å²) in [5.74, 6) is 0. The van der Waals surface area contributed by atoms with Gasteiger partial charge in [0.25, 0.3) is 0 Å². The van der Waals surface area contributed by atoms with Gasteiger partial charge in [-0.3, -0.25) is 0 Å². The number of ether oxygens (including phenoxy) is 3. The number of hydrogen-bond acceptors (Lipinski definition) is 5. The molecule has 110 valence electrons. The minimum atomic E-state index is 0.558. The molecule has 0 saturated heterocycles. The van der Waals surface area contributed by atoms with Gasteiger partial charge in [0, 0.05) is 28.8 Å². The number of benzene rings is 1. The van der Waals surface area contributed by atoms with Gasteiger partial charge >= 0.3 is 0 Å². The summed E-state index contributed by atoms with van der Waals surface area (Å²) < 4.78 is 17.2. The van der Waals surface area contributed by atoms with E-state index < -0.39 is 0 Å². The highest BCUT2D eigenvalue weighted by atomic mass is 32.1. The maximum atomic E-state index is 5.82. The second-order valence-electron chi connectivity index (χ2n) is 4.36. The van der Waals surface area contributed by atoms with E-state index in [-0.39, 0.29) is 0 Å². The molecule has 0 aliphatic rings. The Labute approximate surface area is 123 Å². The zero-order valence-electron chi connectivity index (χ0n) is 11.8. The van der Waals surface area contributed by atoms with Crippen LogP contribution in [0.2, 0.25) is 0 Å². The summed E-state index contributed by atoms with van der Waals surface area (Å²) in [6, 6.07) is 8.34. The van der Waals surface area contributed by atoms with Gasteiger partial charge in [0.1, 0.15) is 0 Å². The molecule has 0 atom stereocenters. The minimum Gasteiger partial charge on any atom is -0.382 e. The van der Waals surface area contributed by atoms with Gasteiger partial charge in [-0.1, -0.05) is 18.2 Å². The molecular formula is C15H21NO3S. The molecule has 0 radical (unpaired) electrons. The second-order valence-corrected chi connectivity index (χ2v) is 5.50. The highest BCUT2D eigenvalue weighted by molar-refractivity contribution is 7.19. The number of rotatable bonds is 9. The first-order valence-electron chi connectivity index (χ1n) is 6.70. The van der Waals surface area contributed by atoms with Crippen LogP contribution in [0, 0.1) is 0 Å². The molecule has 0 spiro atoms. The predicted molar refractivity (Wildman–Crippen MR) is 82.1 cm³/mol. The monoisotopic (exact) mass is 295 g/mol. The molecule has 0 unspecified atom stereocenters. The van der Waals surface area contributed by atoms with Crippen LogP contribution in [0.15, 0.2) is 24.3 Å². The molecule has 0 aliphatic heterocycles. The van der Waals surface area contributed by atoms with Gasteiger partial charge in [0.15, 0.2) is 0 Å². The van der Waals surface area contributed by atoms with Crippen molar-refractivity contribution in [3.63, 3.8) is 0 Å². The van der Waals surface area contributed by atoms with Crippen molar-refractivity contribution in [1.82, 2.24) is 0 Å². The minimum absolute atomic E-state index is 0.558. The predicted octanol–water partition coefficient (Wildman–Crippen LogP) is 2.54. The van der Waals surface area contributed by atoms with Gasteiger partial charge in [-0.15, -0.1) is 11.3 Å². The second kappa shape index (κ2) is 8.34. The lowest BCUT2D eigenvalue weighted by atomic mass is 10.1. The van der Waals surface area contributed by atoms with Gasteiger partial charge in [-0.25, -0.2) is 0 Å². The van der Waals surface area contributed by atoms with Crippen LogP contribution in [0.5, 0.6) is 0 Å². The maximum Gasteiger partial charge on any atom is 0.0735 e. The lowest BCUT2D eigenvalue weighted by Crippen LogP contribution is -2.08. The summed E-state index contributed by atoms with van der Waals surface area (Å²) in [7, 11) is 1.66. The van der Waals surface area contributed by atoms with Crippen LogP contribution in [-0.4, -0.2) is 33.5 Å². The molecule has 0 amide bonds. The molecule has 1 aromatic carbocycles. The maximum absolute atomic E-state index is 5.82. The van der Waals surface area contributed by atoms with E-state index in [4.69, 9.17) is 19.9 Å². The van der Waals surface area contributed by atoms with E-state index >= 15 is 0 Å². The molecule has 2 N–H and O–H groups in total. The summed E-state index contributed by atoms with van der Waals surface area (Å²) in [6.07, 6.45) is 0. The molecule has 5 heteroatoms. The molecule has 4 nitrogen and oxygen atoms in total. The van der Waals surface area contributed by atoms with E-state index in [2.05, 4.69) is 12.1 Å². The van der Waals surface area contributed by atoms with Crippen molar-refractivity contribution < 1.29 is 14.2 Å². The van der Waals surface area contributed by atoms with Crippen molar-refractivity contribution in [2.24, 2.45) is 5.73 Å². The summed E-state index contributed by atoms with van der Waals surface area (Å²) >= 11 is 1.75. The van der Waals surface area contributed by atoms with Crippen molar-refractivity contribution in [3.05, 3.63) is 34.7 Å². The van der Waals surface area contributed by atoms with Crippen LogP contribution in [-0.2, 0) is 27.4 Å². The first-order valence-corrected chi connectivity index (χ1v) is 7.52. The standard InChI is InChI=1S/C15H21NO3S/c1-17-6-7-18-8-9-19-11-13-12-4-2-3-5-14(12)20-15(13)10-16/h2-5H,6-11,16H2,1H3. The molecule has 2 aromatic rings. The fraction of sp³-hybridized carbons (Fsp3) is 0.467. The molecule has 0 aliphatic carbocycles. The third kappa shape index (κ3) is 4.01. The van der Waals surface area contributed by atoms with Crippen molar-refractivity contribution in [3.8, 4) is 0 Å². The summed E-state index contributed by atoms with van der Waals surface area (Å²) in [6.45, 7) is 3.54. The fourth-order valence-electron chi connectivity index (χ4n) is 2.01. The van der Waals surface area contributed by atoms with Crippen molar-refractivity contribution in [1.29, 1.82) is 0 Å². The highest BCUT2D eigenvalue weighted by Crippen LogP contribution is 2.31. The van der Waals surface area contributed by atoms with Crippen LogP contribution in [0.25, 0.3) is 10.1 Å².